The number of ketones is 1. The van der Waals surface area contributed by atoms with E-state index >= 15 is 0 Å². The molecule has 0 aliphatic heterocycles. The number of amides is 1. The normalized spacial score (nSPS) is 13.8. The lowest BCUT2D eigenvalue weighted by atomic mass is 9.90. The monoisotopic (exact) mass is 277 g/mol. The lowest BCUT2D eigenvalue weighted by molar-refractivity contribution is -0.123. The van der Waals surface area contributed by atoms with Crippen LogP contribution < -0.4 is 10.1 Å². The minimum Gasteiger partial charge on any atom is -0.483 e. The standard InChI is InChI=1S/C15H19NO4/c1-19-9-8-16-15(18)10-20-14-7-3-4-11-12(14)5-2-6-13(11)17/h3-4,7H,2,5-6,8-10H2,1H3,(H,16,18). The molecular formula is C15H19NO4. The van der Waals surface area contributed by atoms with Crippen LogP contribution in [0.5, 0.6) is 5.75 Å². The van der Waals surface area contributed by atoms with Gasteiger partial charge in [0.25, 0.3) is 5.91 Å². The Kier molecular flexibility index (Phi) is 5.12. The number of methoxy groups -OCH3 is 1. The van der Waals surface area contributed by atoms with E-state index in [9.17, 15) is 9.59 Å². The zero-order chi connectivity index (χ0) is 14.4. The van der Waals surface area contributed by atoms with Gasteiger partial charge in [0, 0.05) is 31.2 Å². The summed E-state index contributed by atoms with van der Waals surface area (Å²) in [5.41, 5.74) is 1.65. The number of hydrogen-bond donors (Lipinski definition) is 1. The van der Waals surface area contributed by atoms with Crippen molar-refractivity contribution in [3.63, 3.8) is 0 Å². The van der Waals surface area contributed by atoms with Crippen LogP contribution >= 0.6 is 0 Å². The van der Waals surface area contributed by atoms with Gasteiger partial charge in [-0.05, 0) is 18.9 Å². The second-order valence-electron chi connectivity index (χ2n) is 4.69. The predicted octanol–water partition coefficient (Wildman–Crippen LogP) is 1.35. The van der Waals surface area contributed by atoms with Gasteiger partial charge in [-0.1, -0.05) is 12.1 Å². The Balaban J connectivity index is 1.95. The summed E-state index contributed by atoms with van der Waals surface area (Å²) in [4.78, 5) is 23.4. The van der Waals surface area contributed by atoms with Crippen molar-refractivity contribution in [3.8, 4) is 5.75 Å². The van der Waals surface area contributed by atoms with Crippen molar-refractivity contribution >= 4 is 11.7 Å². The van der Waals surface area contributed by atoms with E-state index in [0.29, 0.717) is 25.3 Å². The van der Waals surface area contributed by atoms with Gasteiger partial charge in [0.1, 0.15) is 5.75 Å². The Morgan fingerprint density at radius 2 is 2.20 bits per heavy atom. The molecule has 0 heterocycles. The van der Waals surface area contributed by atoms with Crippen molar-refractivity contribution in [1.29, 1.82) is 0 Å². The second-order valence-corrected chi connectivity index (χ2v) is 4.69. The number of rotatable bonds is 6. The van der Waals surface area contributed by atoms with E-state index in [1.807, 2.05) is 6.07 Å². The van der Waals surface area contributed by atoms with Crippen LogP contribution in [0.4, 0.5) is 0 Å². The van der Waals surface area contributed by atoms with E-state index < -0.39 is 0 Å². The first kappa shape index (κ1) is 14.5. The minimum atomic E-state index is -0.193. The van der Waals surface area contributed by atoms with Crippen molar-refractivity contribution in [2.45, 2.75) is 19.3 Å². The molecule has 0 radical (unpaired) electrons. The van der Waals surface area contributed by atoms with Crippen LogP contribution in [0.3, 0.4) is 0 Å². The van der Waals surface area contributed by atoms with Crippen LogP contribution in [0.25, 0.3) is 0 Å². The minimum absolute atomic E-state index is 0.0473. The predicted molar refractivity (Wildman–Crippen MR) is 74.1 cm³/mol. The summed E-state index contributed by atoms with van der Waals surface area (Å²) in [6.45, 7) is 0.888. The highest BCUT2D eigenvalue weighted by molar-refractivity contribution is 5.99. The molecule has 0 spiro atoms. The summed E-state index contributed by atoms with van der Waals surface area (Å²) < 4.78 is 10.4. The van der Waals surface area contributed by atoms with E-state index in [1.54, 1.807) is 19.2 Å². The topological polar surface area (TPSA) is 64.6 Å². The lowest BCUT2D eigenvalue weighted by Crippen LogP contribution is -2.31. The summed E-state index contributed by atoms with van der Waals surface area (Å²) in [6.07, 6.45) is 2.25. The number of hydrogen-bond acceptors (Lipinski definition) is 4. The number of fused-ring (bicyclic) bond motifs is 1. The van der Waals surface area contributed by atoms with E-state index in [4.69, 9.17) is 9.47 Å². The Morgan fingerprint density at radius 1 is 1.35 bits per heavy atom. The molecule has 0 aromatic heterocycles. The van der Waals surface area contributed by atoms with Gasteiger partial charge in [-0.15, -0.1) is 0 Å². The zero-order valence-electron chi connectivity index (χ0n) is 11.6. The summed E-state index contributed by atoms with van der Waals surface area (Å²) in [5, 5.41) is 2.69. The van der Waals surface area contributed by atoms with Crippen LogP contribution in [0.1, 0.15) is 28.8 Å². The third-order valence-electron chi connectivity index (χ3n) is 3.25. The first-order valence-electron chi connectivity index (χ1n) is 6.76. The van der Waals surface area contributed by atoms with Crippen molar-refractivity contribution < 1.29 is 19.1 Å². The number of nitrogens with one attached hydrogen (secondary N) is 1. The third kappa shape index (κ3) is 3.57. The first-order chi connectivity index (χ1) is 9.72. The molecule has 2 rings (SSSR count). The summed E-state index contributed by atoms with van der Waals surface area (Å²) in [7, 11) is 1.58. The molecule has 0 fully saturated rings. The highest BCUT2D eigenvalue weighted by Crippen LogP contribution is 2.29. The second kappa shape index (κ2) is 7.05. The molecule has 20 heavy (non-hydrogen) atoms. The van der Waals surface area contributed by atoms with E-state index in [-0.39, 0.29) is 18.3 Å². The van der Waals surface area contributed by atoms with Gasteiger partial charge in [-0.2, -0.15) is 0 Å². The maximum atomic E-state index is 11.8. The lowest BCUT2D eigenvalue weighted by Gasteiger charge is -2.18. The molecule has 1 N–H and O–H groups in total. The summed E-state index contributed by atoms with van der Waals surface area (Å²) in [5.74, 6) is 0.598. The molecule has 108 valence electrons. The average Bonchev–Trinajstić information content (AvgIpc) is 2.46. The smallest absolute Gasteiger partial charge is 0.258 e. The van der Waals surface area contributed by atoms with Gasteiger partial charge in [-0.3, -0.25) is 9.59 Å². The van der Waals surface area contributed by atoms with Crippen LogP contribution in [-0.4, -0.2) is 38.6 Å². The SMILES string of the molecule is COCCNC(=O)COc1cccc2c1CCCC2=O. The summed E-state index contributed by atoms with van der Waals surface area (Å²) >= 11 is 0. The van der Waals surface area contributed by atoms with Gasteiger partial charge < -0.3 is 14.8 Å². The molecule has 0 saturated carbocycles. The van der Waals surface area contributed by atoms with Crippen molar-refractivity contribution in [1.82, 2.24) is 5.32 Å². The van der Waals surface area contributed by atoms with Crippen molar-refractivity contribution in [3.05, 3.63) is 29.3 Å². The van der Waals surface area contributed by atoms with E-state index in [1.165, 1.54) is 0 Å². The number of Topliss-reactive ketones (excluding diaryl/α,β-unsaturated/α-hetero) is 1. The van der Waals surface area contributed by atoms with Gasteiger partial charge in [0.2, 0.25) is 0 Å². The number of benzene rings is 1. The quantitative estimate of drug-likeness (QED) is 0.797. The first-order valence-corrected chi connectivity index (χ1v) is 6.76. The molecule has 1 aliphatic rings. The number of carbonyl (C=O) groups is 2. The highest BCUT2D eigenvalue weighted by Gasteiger charge is 2.20. The molecule has 1 aromatic carbocycles. The van der Waals surface area contributed by atoms with Gasteiger partial charge >= 0.3 is 0 Å². The number of ether oxygens (including phenoxy) is 2. The fourth-order valence-corrected chi connectivity index (χ4v) is 2.27. The molecule has 1 amide bonds. The average molecular weight is 277 g/mol. The van der Waals surface area contributed by atoms with Crippen LogP contribution in [-0.2, 0) is 16.0 Å². The Morgan fingerprint density at radius 3 is 3.00 bits per heavy atom. The van der Waals surface area contributed by atoms with Crippen LogP contribution in [0, 0.1) is 0 Å². The van der Waals surface area contributed by atoms with Crippen molar-refractivity contribution in [2.75, 3.05) is 26.9 Å². The Labute approximate surface area is 118 Å². The number of carbonyl (C=O) groups excluding carboxylic acids is 2. The van der Waals surface area contributed by atoms with Crippen LogP contribution in [0.15, 0.2) is 18.2 Å². The molecular weight excluding hydrogens is 258 g/mol. The van der Waals surface area contributed by atoms with E-state index in [0.717, 1.165) is 24.0 Å². The fourth-order valence-electron chi connectivity index (χ4n) is 2.27. The molecule has 5 heteroatoms. The highest BCUT2D eigenvalue weighted by atomic mass is 16.5. The Hall–Kier alpha value is -1.88. The van der Waals surface area contributed by atoms with E-state index in [2.05, 4.69) is 5.32 Å². The van der Waals surface area contributed by atoms with Gasteiger partial charge in [0.05, 0.1) is 6.61 Å². The van der Waals surface area contributed by atoms with Gasteiger partial charge in [0.15, 0.2) is 12.4 Å². The third-order valence-corrected chi connectivity index (χ3v) is 3.25. The maximum Gasteiger partial charge on any atom is 0.258 e. The summed E-state index contributed by atoms with van der Waals surface area (Å²) in [6, 6.07) is 5.42. The molecule has 0 atom stereocenters. The molecule has 0 unspecified atom stereocenters. The molecule has 0 bridgehead atoms. The molecule has 0 saturated heterocycles. The molecule has 5 nitrogen and oxygen atoms in total. The van der Waals surface area contributed by atoms with Crippen molar-refractivity contribution in [2.24, 2.45) is 0 Å². The van der Waals surface area contributed by atoms with Crippen LogP contribution in [0.2, 0.25) is 0 Å². The molecule has 1 aromatic rings. The largest absolute Gasteiger partial charge is 0.483 e. The maximum absolute atomic E-state index is 11.8. The van der Waals surface area contributed by atoms with Gasteiger partial charge in [-0.25, -0.2) is 0 Å². The Bertz CT molecular complexity index is 499. The zero-order valence-corrected chi connectivity index (χ0v) is 11.6. The fraction of sp³-hybridized carbons (Fsp3) is 0.467. The molecule has 1 aliphatic carbocycles.